The van der Waals surface area contributed by atoms with Crippen LogP contribution in [-0.2, 0) is 35.1 Å². The Morgan fingerprint density at radius 1 is 0.646 bits per heavy atom. The molecule has 0 spiro atoms. The summed E-state index contributed by atoms with van der Waals surface area (Å²) < 4.78 is 32.7. The molecule has 2 aromatic carbocycles. The first-order valence-corrected chi connectivity index (χ1v) is 16.0. The van der Waals surface area contributed by atoms with Gasteiger partial charge in [-0.25, -0.2) is 19.2 Å². The van der Waals surface area contributed by atoms with Gasteiger partial charge >= 0.3 is 24.1 Å². The van der Waals surface area contributed by atoms with Crippen LogP contribution >= 0.6 is 0 Å². The molecule has 262 valence electrons. The SMILES string of the molecule is C=C(C)C(=O)OCCCCCNC(=O)OCc1cccc(OCC(COc2ccccc2)OC(=O)NCCCCCOC(=O)C(=C)C)c1. The average molecular weight is 669 g/mol. The molecule has 0 radical (unpaired) electrons. The van der Waals surface area contributed by atoms with E-state index in [0.29, 0.717) is 80.2 Å². The van der Waals surface area contributed by atoms with Gasteiger partial charge in [-0.1, -0.05) is 43.5 Å². The highest BCUT2D eigenvalue weighted by Gasteiger charge is 2.17. The minimum absolute atomic E-state index is 0.0194. The third-order valence-corrected chi connectivity index (χ3v) is 6.50. The number of carbonyl (C=O) groups excluding carboxylic acids is 4. The van der Waals surface area contributed by atoms with Crippen LogP contribution in [0.15, 0.2) is 78.9 Å². The molecule has 0 heterocycles. The summed E-state index contributed by atoms with van der Waals surface area (Å²) in [7, 11) is 0. The van der Waals surface area contributed by atoms with Crippen molar-refractivity contribution < 1.29 is 47.6 Å². The van der Waals surface area contributed by atoms with E-state index in [9.17, 15) is 19.2 Å². The topological polar surface area (TPSA) is 148 Å². The van der Waals surface area contributed by atoms with E-state index in [2.05, 4.69) is 23.8 Å². The number of alkyl carbamates (subject to hydrolysis) is 2. The van der Waals surface area contributed by atoms with Crippen LogP contribution in [0.2, 0.25) is 0 Å². The Morgan fingerprint density at radius 2 is 1.19 bits per heavy atom. The maximum Gasteiger partial charge on any atom is 0.407 e. The van der Waals surface area contributed by atoms with Crippen LogP contribution in [-0.4, -0.2) is 69.7 Å². The summed E-state index contributed by atoms with van der Waals surface area (Å²) in [6.07, 6.45) is 2.42. The van der Waals surface area contributed by atoms with Crippen LogP contribution in [0.25, 0.3) is 0 Å². The van der Waals surface area contributed by atoms with Crippen molar-refractivity contribution >= 4 is 24.1 Å². The molecule has 0 saturated carbocycles. The fourth-order valence-corrected chi connectivity index (χ4v) is 3.89. The van der Waals surface area contributed by atoms with Gasteiger partial charge in [-0.05, 0) is 82.2 Å². The molecule has 0 aliphatic carbocycles. The molecule has 1 unspecified atom stereocenters. The smallest absolute Gasteiger partial charge is 0.407 e. The van der Waals surface area contributed by atoms with Crippen LogP contribution in [0.4, 0.5) is 9.59 Å². The molecular weight excluding hydrogens is 620 g/mol. The number of esters is 2. The third-order valence-electron chi connectivity index (χ3n) is 6.50. The standard InChI is InChI=1S/C36H48N2O10/c1-27(2)33(39)43-21-12-6-10-19-37-35(41)47-24-29-15-14-18-31(23-29)46-26-32(25-45-30-16-8-5-9-17-30)48-36(42)38-20-11-7-13-22-44-34(40)28(3)4/h5,8-9,14-18,23,32H,1,3,6-7,10-13,19-22,24-26H2,2,4H3,(H,37,41)(H,38,42). The third kappa shape index (κ3) is 18.2. The normalized spacial score (nSPS) is 11.0. The molecule has 1 atom stereocenters. The van der Waals surface area contributed by atoms with E-state index >= 15 is 0 Å². The first kappa shape index (κ1) is 39.2. The number of rotatable bonds is 23. The molecule has 12 nitrogen and oxygen atoms in total. The number of carbonyl (C=O) groups is 4. The summed E-state index contributed by atoms with van der Waals surface area (Å²) in [5.74, 6) is 0.317. The van der Waals surface area contributed by atoms with Gasteiger partial charge in [0.05, 0.1) is 13.2 Å². The molecule has 48 heavy (non-hydrogen) atoms. The van der Waals surface area contributed by atoms with Crippen molar-refractivity contribution in [1.29, 1.82) is 0 Å². The summed E-state index contributed by atoms with van der Waals surface area (Å²) in [4.78, 5) is 47.4. The van der Waals surface area contributed by atoms with Crippen molar-refractivity contribution in [2.24, 2.45) is 0 Å². The fourth-order valence-electron chi connectivity index (χ4n) is 3.89. The lowest BCUT2D eigenvalue weighted by atomic mass is 10.2. The largest absolute Gasteiger partial charge is 0.490 e. The molecule has 0 saturated heterocycles. The molecular formula is C36H48N2O10. The molecule has 2 N–H and O–H groups in total. The minimum Gasteiger partial charge on any atom is -0.490 e. The molecule has 0 aliphatic rings. The minimum atomic E-state index is -0.726. The number of para-hydroxylation sites is 1. The summed E-state index contributed by atoms with van der Waals surface area (Å²) >= 11 is 0. The van der Waals surface area contributed by atoms with Gasteiger partial charge in [-0.15, -0.1) is 0 Å². The number of unbranched alkanes of at least 4 members (excludes halogenated alkanes) is 4. The Balaban J connectivity index is 1.74. The summed E-state index contributed by atoms with van der Waals surface area (Å²) in [6.45, 7) is 11.8. The lowest BCUT2D eigenvalue weighted by molar-refractivity contribution is -0.139. The highest BCUT2D eigenvalue weighted by Crippen LogP contribution is 2.16. The molecule has 2 amide bonds. The van der Waals surface area contributed by atoms with E-state index in [-0.39, 0.29) is 19.8 Å². The van der Waals surface area contributed by atoms with Gasteiger partial charge < -0.3 is 39.1 Å². The molecule has 0 aliphatic heterocycles. The highest BCUT2D eigenvalue weighted by molar-refractivity contribution is 5.87. The summed E-state index contributed by atoms with van der Waals surface area (Å²) in [6, 6.07) is 16.2. The van der Waals surface area contributed by atoms with Gasteiger partial charge in [0.15, 0.2) is 6.10 Å². The lowest BCUT2D eigenvalue weighted by Gasteiger charge is -2.20. The number of amides is 2. The number of benzene rings is 2. The number of hydrogen-bond acceptors (Lipinski definition) is 10. The second-order valence-electron chi connectivity index (χ2n) is 11.0. The number of hydrogen-bond donors (Lipinski definition) is 2. The first-order valence-electron chi connectivity index (χ1n) is 16.0. The molecule has 0 aromatic heterocycles. The van der Waals surface area contributed by atoms with E-state index in [1.807, 2.05) is 18.2 Å². The van der Waals surface area contributed by atoms with Gasteiger partial charge in [0.1, 0.15) is 31.3 Å². The van der Waals surface area contributed by atoms with Gasteiger partial charge in [0.2, 0.25) is 0 Å². The zero-order chi connectivity index (χ0) is 35.0. The Bertz CT molecular complexity index is 1310. The molecule has 12 heteroatoms. The van der Waals surface area contributed by atoms with Crippen molar-refractivity contribution in [3.8, 4) is 11.5 Å². The summed E-state index contributed by atoms with van der Waals surface area (Å²) in [5.41, 5.74) is 1.44. The van der Waals surface area contributed by atoms with Crippen LogP contribution in [0.3, 0.4) is 0 Å². The average Bonchev–Trinajstić information content (AvgIpc) is 3.07. The molecule has 0 fully saturated rings. The van der Waals surface area contributed by atoms with E-state index in [1.165, 1.54) is 0 Å². The van der Waals surface area contributed by atoms with E-state index < -0.39 is 30.2 Å². The second-order valence-corrected chi connectivity index (χ2v) is 11.0. The zero-order valence-electron chi connectivity index (χ0n) is 28.0. The fraction of sp³-hybridized carbons (Fsp3) is 0.444. The van der Waals surface area contributed by atoms with Crippen LogP contribution in [0, 0.1) is 0 Å². The number of ether oxygens (including phenoxy) is 6. The quantitative estimate of drug-likeness (QED) is 0.0621. The van der Waals surface area contributed by atoms with Crippen molar-refractivity contribution in [1.82, 2.24) is 10.6 Å². The van der Waals surface area contributed by atoms with E-state index in [4.69, 9.17) is 28.4 Å². The lowest BCUT2D eigenvalue weighted by Crippen LogP contribution is -2.36. The first-order chi connectivity index (χ1) is 23.1. The Hall–Kier alpha value is -5.00. The van der Waals surface area contributed by atoms with Crippen LogP contribution < -0.4 is 20.1 Å². The van der Waals surface area contributed by atoms with Crippen molar-refractivity contribution in [3.63, 3.8) is 0 Å². The zero-order valence-corrected chi connectivity index (χ0v) is 28.0. The molecule has 2 rings (SSSR count). The van der Waals surface area contributed by atoms with Crippen molar-refractivity contribution in [3.05, 3.63) is 84.5 Å². The Kier molecular flexibility index (Phi) is 19.1. The van der Waals surface area contributed by atoms with Crippen molar-refractivity contribution in [2.45, 2.75) is 65.1 Å². The highest BCUT2D eigenvalue weighted by atomic mass is 16.6. The van der Waals surface area contributed by atoms with Gasteiger partial charge in [0, 0.05) is 24.2 Å². The predicted molar refractivity (Wildman–Crippen MR) is 180 cm³/mol. The Labute approximate surface area is 282 Å². The predicted octanol–water partition coefficient (Wildman–Crippen LogP) is 6.04. The van der Waals surface area contributed by atoms with Crippen LogP contribution in [0.5, 0.6) is 11.5 Å². The van der Waals surface area contributed by atoms with Crippen LogP contribution in [0.1, 0.15) is 57.9 Å². The second kappa shape index (κ2) is 23.3. The van der Waals surface area contributed by atoms with Gasteiger partial charge in [-0.2, -0.15) is 0 Å². The van der Waals surface area contributed by atoms with E-state index in [0.717, 1.165) is 12.8 Å². The van der Waals surface area contributed by atoms with Gasteiger partial charge in [-0.3, -0.25) is 0 Å². The monoisotopic (exact) mass is 668 g/mol. The van der Waals surface area contributed by atoms with E-state index in [1.54, 1.807) is 50.2 Å². The molecule has 2 aromatic rings. The maximum absolute atomic E-state index is 12.5. The maximum atomic E-state index is 12.5. The summed E-state index contributed by atoms with van der Waals surface area (Å²) in [5, 5.41) is 5.43. The number of nitrogens with one attached hydrogen (secondary N) is 2. The van der Waals surface area contributed by atoms with Gasteiger partial charge in [0.25, 0.3) is 0 Å². The Morgan fingerprint density at radius 3 is 1.77 bits per heavy atom. The van der Waals surface area contributed by atoms with Crippen molar-refractivity contribution in [2.75, 3.05) is 39.5 Å². The molecule has 0 bridgehead atoms.